The molecule has 1 aromatic carbocycles. The molecule has 21 heavy (non-hydrogen) atoms. The molecule has 0 fully saturated rings. The van der Waals surface area contributed by atoms with E-state index in [0.29, 0.717) is 0 Å². The van der Waals surface area contributed by atoms with Crippen LogP contribution in [-0.4, -0.2) is 22.6 Å². The summed E-state index contributed by atoms with van der Waals surface area (Å²) in [5.41, 5.74) is 2.02. The minimum atomic E-state index is -0.0985. The second kappa shape index (κ2) is 6.44. The highest BCUT2D eigenvalue weighted by molar-refractivity contribution is 5.30. The second-order valence-corrected chi connectivity index (χ2v) is 5.79. The minimum Gasteiger partial charge on any atom is -0.350 e. The van der Waals surface area contributed by atoms with Crippen LogP contribution >= 0.6 is 0 Å². The molecular weight excluding hydrogens is 263 g/mol. The number of fused-ring (bicyclic) bond motifs is 1. The number of nitrogens with zero attached hydrogens (tertiary/aromatic N) is 2. The third kappa shape index (κ3) is 2.88. The summed E-state index contributed by atoms with van der Waals surface area (Å²) in [6, 6.07) is 11.5. The smallest absolute Gasteiger partial charge is 0.128 e. The zero-order valence-electron chi connectivity index (χ0n) is 12.6. The largest absolute Gasteiger partial charge is 0.350 e. The number of hydrogen-bond acceptors (Lipinski definition) is 1. The molecule has 112 valence electrons. The lowest BCUT2D eigenvalue weighted by atomic mass is 10.0. The fraction of sp³-hybridized carbons (Fsp3) is 0.444. The number of hydrogen-bond donors (Lipinski definition) is 0. The van der Waals surface area contributed by atoms with Crippen molar-refractivity contribution in [2.45, 2.75) is 38.8 Å². The van der Waals surface area contributed by atoms with Gasteiger partial charge in [-0.3, -0.25) is 4.90 Å². The normalized spacial score (nSPS) is 19.2. The Morgan fingerprint density at radius 1 is 1.14 bits per heavy atom. The van der Waals surface area contributed by atoms with Gasteiger partial charge in [-0.1, -0.05) is 31.5 Å². The molecule has 0 saturated heterocycles. The number of benzene rings is 1. The maximum absolute atomic E-state index is 14.4. The maximum atomic E-state index is 14.4. The third-order valence-corrected chi connectivity index (χ3v) is 4.35. The first-order chi connectivity index (χ1) is 10.3. The molecule has 2 heterocycles. The van der Waals surface area contributed by atoms with Gasteiger partial charge in [-0.2, -0.15) is 0 Å². The number of unbranched alkanes of at least 4 members (excludes halogenated alkanes) is 1. The predicted molar refractivity (Wildman–Crippen MR) is 83.8 cm³/mol. The van der Waals surface area contributed by atoms with Gasteiger partial charge in [0.2, 0.25) is 0 Å². The first kappa shape index (κ1) is 14.3. The Kier molecular flexibility index (Phi) is 4.39. The molecule has 3 rings (SSSR count). The fourth-order valence-electron chi connectivity index (χ4n) is 3.29. The van der Waals surface area contributed by atoms with Gasteiger partial charge in [-0.05, 0) is 37.6 Å². The van der Waals surface area contributed by atoms with Crippen molar-refractivity contribution >= 4 is 0 Å². The quantitative estimate of drug-likeness (QED) is 0.817. The van der Waals surface area contributed by atoms with E-state index >= 15 is 0 Å². The Balaban J connectivity index is 2.03. The average Bonchev–Trinajstić information content (AvgIpc) is 2.88. The molecule has 2 nitrogen and oxygen atoms in total. The predicted octanol–water partition coefficient (Wildman–Crippen LogP) is 4.22. The standard InChI is InChI=1S/C18H23FN2/c1-2-3-11-21-14-7-13-20-12-6-10-17(20)18(21)15-8-4-5-9-16(15)19/h4-6,8-10,12,18H,2-3,7,11,13-14H2,1H3/t18-/m0/s1. The van der Waals surface area contributed by atoms with Gasteiger partial charge in [0.15, 0.2) is 0 Å². The summed E-state index contributed by atoms with van der Waals surface area (Å²) >= 11 is 0. The molecule has 3 heteroatoms. The molecular formula is C18H23FN2. The second-order valence-electron chi connectivity index (χ2n) is 5.79. The molecule has 0 bridgehead atoms. The Hall–Kier alpha value is -1.61. The van der Waals surface area contributed by atoms with Crippen LogP contribution in [0.4, 0.5) is 4.39 Å². The summed E-state index contributed by atoms with van der Waals surface area (Å²) in [5, 5.41) is 0. The Morgan fingerprint density at radius 3 is 2.81 bits per heavy atom. The lowest BCUT2D eigenvalue weighted by molar-refractivity contribution is 0.222. The van der Waals surface area contributed by atoms with Crippen LogP contribution in [0.2, 0.25) is 0 Å². The molecule has 2 aromatic rings. The van der Waals surface area contributed by atoms with Gasteiger partial charge in [0.1, 0.15) is 5.82 Å². The van der Waals surface area contributed by atoms with Gasteiger partial charge < -0.3 is 4.57 Å². The lowest BCUT2D eigenvalue weighted by Crippen LogP contribution is -2.31. The zero-order valence-corrected chi connectivity index (χ0v) is 12.6. The summed E-state index contributed by atoms with van der Waals surface area (Å²) in [6.45, 7) is 5.29. The zero-order chi connectivity index (χ0) is 14.7. The number of aryl methyl sites for hydroxylation is 1. The summed E-state index contributed by atoms with van der Waals surface area (Å²) in [4.78, 5) is 2.45. The van der Waals surface area contributed by atoms with Crippen molar-refractivity contribution in [3.05, 3.63) is 59.7 Å². The maximum Gasteiger partial charge on any atom is 0.128 e. The van der Waals surface area contributed by atoms with Gasteiger partial charge >= 0.3 is 0 Å². The summed E-state index contributed by atoms with van der Waals surface area (Å²) in [7, 11) is 0. The molecule has 1 aliphatic heterocycles. The molecule has 1 aliphatic rings. The molecule has 1 atom stereocenters. The number of rotatable bonds is 4. The first-order valence-electron chi connectivity index (χ1n) is 7.94. The van der Waals surface area contributed by atoms with Gasteiger partial charge in [0.05, 0.1) is 6.04 Å². The number of aromatic nitrogens is 1. The summed E-state index contributed by atoms with van der Waals surface area (Å²) in [5.74, 6) is -0.0985. The van der Waals surface area contributed by atoms with E-state index in [0.717, 1.165) is 38.0 Å². The van der Waals surface area contributed by atoms with E-state index in [4.69, 9.17) is 0 Å². The van der Waals surface area contributed by atoms with Crippen LogP contribution in [-0.2, 0) is 6.54 Å². The highest BCUT2D eigenvalue weighted by Crippen LogP contribution is 2.33. The van der Waals surface area contributed by atoms with E-state index in [1.54, 1.807) is 12.1 Å². The van der Waals surface area contributed by atoms with E-state index in [1.807, 2.05) is 12.1 Å². The van der Waals surface area contributed by atoms with Crippen LogP contribution in [0.5, 0.6) is 0 Å². The van der Waals surface area contributed by atoms with Gasteiger partial charge in [-0.15, -0.1) is 0 Å². The third-order valence-electron chi connectivity index (χ3n) is 4.35. The van der Waals surface area contributed by atoms with Crippen LogP contribution in [0.25, 0.3) is 0 Å². The van der Waals surface area contributed by atoms with Crippen LogP contribution < -0.4 is 0 Å². The van der Waals surface area contributed by atoms with E-state index in [1.165, 1.54) is 12.1 Å². The van der Waals surface area contributed by atoms with Crippen molar-refractivity contribution < 1.29 is 4.39 Å². The number of halogens is 1. The molecule has 0 unspecified atom stereocenters. The SMILES string of the molecule is CCCCN1CCCn2cccc2[C@@H]1c1ccccc1F. The van der Waals surface area contributed by atoms with Crippen molar-refractivity contribution in [3.8, 4) is 0 Å². The van der Waals surface area contributed by atoms with Gasteiger partial charge in [0, 0.05) is 30.5 Å². The topological polar surface area (TPSA) is 8.17 Å². The van der Waals surface area contributed by atoms with Crippen LogP contribution in [0, 0.1) is 5.82 Å². The Bertz CT molecular complexity index is 590. The van der Waals surface area contributed by atoms with Crippen molar-refractivity contribution in [3.63, 3.8) is 0 Å². The van der Waals surface area contributed by atoms with Crippen molar-refractivity contribution in [1.29, 1.82) is 0 Å². The van der Waals surface area contributed by atoms with Crippen molar-refractivity contribution in [1.82, 2.24) is 9.47 Å². The highest BCUT2D eigenvalue weighted by Gasteiger charge is 2.28. The summed E-state index contributed by atoms with van der Waals surface area (Å²) in [6.07, 6.45) is 5.57. The lowest BCUT2D eigenvalue weighted by Gasteiger charge is -2.30. The first-order valence-corrected chi connectivity index (χ1v) is 7.94. The fourth-order valence-corrected chi connectivity index (χ4v) is 3.29. The van der Waals surface area contributed by atoms with Crippen LogP contribution in [0.3, 0.4) is 0 Å². The van der Waals surface area contributed by atoms with E-state index in [9.17, 15) is 4.39 Å². The Labute approximate surface area is 126 Å². The molecule has 0 aliphatic carbocycles. The molecule has 1 aromatic heterocycles. The van der Waals surface area contributed by atoms with Gasteiger partial charge in [-0.25, -0.2) is 4.39 Å². The van der Waals surface area contributed by atoms with E-state index in [-0.39, 0.29) is 11.9 Å². The van der Waals surface area contributed by atoms with Crippen LogP contribution in [0.15, 0.2) is 42.6 Å². The molecule has 0 radical (unpaired) electrons. The molecule has 0 saturated carbocycles. The van der Waals surface area contributed by atoms with Crippen molar-refractivity contribution in [2.24, 2.45) is 0 Å². The van der Waals surface area contributed by atoms with Crippen LogP contribution in [0.1, 0.15) is 43.5 Å². The molecule has 0 N–H and O–H groups in total. The molecule has 0 spiro atoms. The highest BCUT2D eigenvalue weighted by atomic mass is 19.1. The van der Waals surface area contributed by atoms with E-state index < -0.39 is 0 Å². The molecule has 0 amide bonds. The Morgan fingerprint density at radius 2 is 2.00 bits per heavy atom. The van der Waals surface area contributed by atoms with Gasteiger partial charge in [0.25, 0.3) is 0 Å². The summed E-state index contributed by atoms with van der Waals surface area (Å²) < 4.78 is 16.6. The van der Waals surface area contributed by atoms with E-state index in [2.05, 4.69) is 34.7 Å². The van der Waals surface area contributed by atoms with Crippen molar-refractivity contribution in [2.75, 3.05) is 13.1 Å². The minimum absolute atomic E-state index is 0.0373. The monoisotopic (exact) mass is 286 g/mol. The average molecular weight is 286 g/mol.